The van der Waals surface area contributed by atoms with E-state index >= 15 is 0 Å². The van der Waals surface area contributed by atoms with E-state index in [1.54, 1.807) is 0 Å². The molecule has 1 aromatic heterocycles. The molecule has 82 valence electrons. The minimum Gasteiger partial charge on any atom is -0.310 e. The Hall–Kier alpha value is -1.15. The van der Waals surface area contributed by atoms with Crippen LogP contribution in [0.4, 0.5) is 0 Å². The lowest BCUT2D eigenvalue weighted by molar-refractivity contribution is 0.554. The summed E-state index contributed by atoms with van der Waals surface area (Å²) in [6.07, 6.45) is 7.78. The van der Waals surface area contributed by atoms with Gasteiger partial charge in [0.1, 0.15) is 0 Å². The molecule has 0 amide bonds. The highest BCUT2D eigenvalue weighted by Gasteiger charge is 2.11. The summed E-state index contributed by atoms with van der Waals surface area (Å²) in [6, 6.07) is 2.49. The number of pyridine rings is 1. The number of nitrogens with one attached hydrogen (secondary N) is 1. The Kier molecular flexibility index (Phi) is 5.05. The fraction of sp³-hybridized carbons (Fsp3) is 0.462. The second-order valence-corrected chi connectivity index (χ2v) is 3.56. The van der Waals surface area contributed by atoms with Crippen LogP contribution in [0.2, 0.25) is 0 Å². The van der Waals surface area contributed by atoms with Crippen LogP contribution in [0.15, 0.2) is 31.1 Å². The minimum absolute atomic E-state index is 0.380. The summed E-state index contributed by atoms with van der Waals surface area (Å²) in [7, 11) is 0. The maximum atomic E-state index is 4.17. The minimum atomic E-state index is 0.380. The molecule has 15 heavy (non-hydrogen) atoms. The van der Waals surface area contributed by atoms with Crippen molar-refractivity contribution in [1.82, 2.24) is 10.3 Å². The maximum Gasteiger partial charge on any atom is 0.0358 e. The molecule has 0 aliphatic heterocycles. The van der Waals surface area contributed by atoms with Crippen molar-refractivity contribution in [2.24, 2.45) is 0 Å². The van der Waals surface area contributed by atoms with E-state index in [4.69, 9.17) is 0 Å². The molecule has 1 N–H and O–H groups in total. The first-order valence-electron chi connectivity index (χ1n) is 5.60. The van der Waals surface area contributed by atoms with Crippen LogP contribution in [-0.2, 0) is 6.42 Å². The molecule has 1 unspecified atom stereocenters. The Labute approximate surface area is 92.4 Å². The van der Waals surface area contributed by atoms with E-state index in [0.29, 0.717) is 6.04 Å². The van der Waals surface area contributed by atoms with Crippen LogP contribution in [0.5, 0.6) is 0 Å². The molecular formula is C13H20N2. The molecule has 1 heterocycles. The van der Waals surface area contributed by atoms with Crippen LogP contribution in [0.1, 0.15) is 37.4 Å². The van der Waals surface area contributed by atoms with Gasteiger partial charge in [-0.3, -0.25) is 4.98 Å². The van der Waals surface area contributed by atoms with Crippen LogP contribution >= 0.6 is 0 Å². The van der Waals surface area contributed by atoms with Crippen molar-refractivity contribution >= 4 is 0 Å². The second kappa shape index (κ2) is 6.36. The first-order chi connectivity index (χ1) is 7.33. The van der Waals surface area contributed by atoms with Gasteiger partial charge in [0.05, 0.1) is 0 Å². The van der Waals surface area contributed by atoms with Crippen molar-refractivity contribution < 1.29 is 0 Å². The molecule has 0 radical (unpaired) electrons. The van der Waals surface area contributed by atoms with Gasteiger partial charge in [0.15, 0.2) is 0 Å². The van der Waals surface area contributed by atoms with Gasteiger partial charge in [-0.1, -0.05) is 19.9 Å². The van der Waals surface area contributed by atoms with Crippen molar-refractivity contribution in [1.29, 1.82) is 0 Å². The Bertz CT molecular complexity index is 307. The van der Waals surface area contributed by atoms with Gasteiger partial charge < -0.3 is 5.32 Å². The third kappa shape index (κ3) is 3.17. The molecule has 0 aromatic carbocycles. The van der Waals surface area contributed by atoms with Gasteiger partial charge in [0.25, 0.3) is 0 Å². The molecule has 2 nitrogen and oxygen atoms in total. The second-order valence-electron chi connectivity index (χ2n) is 3.56. The lowest BCUT2D eigenvalue weighted by Gasteiger charge is -2.19. The first-order valence-corrected chi connectivity index (χ1v) is 5.60. The Morgan fingerprint density at radius 1 is 1.53 bits per heavy atom. The van der Waals surface area contributed by atoms with Crippen LogP contribution in [0.3, 0.4) is 0 Å². The van der Waals surface area contributed by atoms with Gasteiger partial charge >= 0.3 is 0 Å². The summed E-state index contributed by atoms with van der Waals surface area (Å²) >= 11 is 0. The van der Waals surface area contributed by atoms with Crippen molar-refractivity contribution in [3.63, 3.8) is 0 Å². The number of hydrogen-bond acceptors (Lipinski definition) is 2. The largest absolute Gasteiger partial charge is 0.310 e. The third-order valence-corrected chi connectivity index (χ3v) is 2.55. The van der Waals surface area contributed by atoms with Crippen molar-refractivity contribution in [2.45, 2.75) is 32.7 Å². The van der Waals surface area contributed by atoms with E-state index in [0.717, 1.165) is 19.4 Å². The van der Waals surface area contributed by atoms with Crippen LogP contribution < -0.4 is 5.32 Å². The van der Waals surface area contributed by atoms with Crippen LogP contribution in [-0.4, -0.2) is 11.5 Å². The standard InChI is InChI=1S/C13H20N2/c1-4-7-13(15-6-3)12-8-9-14-10-11(12)5-2/h4,8-10,13,15H,1,5-7H2,2-3H3. The third-order valence-electron chi connectivity index (χ3n) is 2.55. The van der Waals surface area contributed by atoms with Crippen LogP contribution in [0.25, 0.3) is 0 Å². The van der Waals surface area contributed by atoms with Crippen LogP contribution in [0, 0.1) is 0 Å². The van der Waals surface area contributed by atoms with Crippen molar-refractivity contribution in [2.75, 3.05) is 6.54 Å². The predicted molar refractivity (Wildman–Crippen MR) is 64.8 cm³/mol. The topological polar surface area (TPSA) is 24.9 Å². The van der Waals surface area contributed by atoms with Gasteiger partial charge in [0.2, 0.25) is 0 Å². The Morgan fingerprint density at radius 3 is 2.93 bits per heavy atom. The molecule has 0 bridgehead atoms. The summed E-state index contributed by atoms with van der Waals surface area (Å²) in [5, 5.41) is 3.48. The van der Waals surface area contributed by atoms with E-state index in [1.807, 2.05) is 18.5 Å². The molecule has 1 rings (SSSR count). The van der Waals surface area contributed by atoms with E-state index in [-0.39, 0.29) is 0 Å². The zero-order chi connectivity index (χ0) is 11.1. The Balaban J connectivity index is 2.92. The van der Waals surface area contributed by atoms with Gasteiger partial charge in [-0.05, 0) is 36.6 Å². The highest BCUT2D eigenvalue weighted by molar-refractivity contribution is 5.27. The maximum absolute atomic E-state index is 4.17. The van der Waals surface area contributed by atoms with E-state index in [2.05, 4.69) is 36.8 Å². The number of nitrogens with zero attached hydrogens (tertiary/aromatic N) is 1. The monoisotopic (exact) mass is 204 g/mol. The molecule has 0 spiro atoms. The average molecular weight is 204 g/mol. The van der Waals surface area contributed by atoms with Gasteiger partial charge in [-0.15, -0.1) is 6.58 Å². The summed E-state index contributed by atoms with van der Waals surface area (Å²) in [5.41, 5.74) is 2.68. The molecule has 0 aliphatic rings. The fourth-order valence-electron chi connectivity index (χ4n) is 1.81. The van der Waals surface area contributed by atoms with Crippen molar-refractivity contribution in [3.05, 3.63) is 42.2 Å². The van der Waals surface area contributed by atoms with E-state index in [1.165, 1.54) is 11.1 Å². The molecular weight excluding hydrogens is 184 g/mol. The quantitative estimate of drug-likeness (QED) is 0.721. The summed E-state index contributed by atoms with van der Waals surface area (Å²) in [5.74, 6) is 0. The summed E-state index contributed by atoms with van der Waals surface area (Å²) < 4.78 is 0. The fourth-order valence-corrected chi connectivity index (χ4v) is 1.81. The molecule has 1 atom stereocenters. The number of rotatable bonds is 6. The molecule has 0 fully saturated rings. The van der Waals surface area contributed by atoms with Gasteiger partial charge in [0, 0.05) is 18.4 Å². The highest BCUT2D eigenvalue weighted by atomic mass is 14.9. The van der Waals surface area contributed by atoms with E-state index < -0.39 is 0 Å². The van der Waals surface area contributed by atoms with Gasteiger partial charge in [-0.25, -0.2) is 0 Å². The number of aromatic nitrogens is 1. The predicted octanol–water partition coefficient (Wildman–Crippen LogP) is 2.87. The number of hydrogen-bond donors (Lipinski definition) is 1. The van der Waals surface area contributed by atoms with Crippen molar-refractivity contribution in [3.8, 4) is 0 Å². The first kappa shape index (κ1) is 11.9. The lowest BCUT2D eigenvalue weighted by atomic mass is 9.98. The zero-order valence-corrected chi connectivity index (χ0v) is 9.66. The number of aryl methyl sites for hydroxylation is 1. The average Bonchev–Trinajstić information content (AvgIpc) is 2.29. The molecule has 0 aliphatic carbocycles. The Morgan fingerprint density at radius 2 is 2.33 bits per heavy atom. The molecule has 2 heteroatoms. The smallest absolute Gasteiger partial charge is 0.0358 e. The molecule has 0 saturated heterocycles. The van der Waals surface area contributed by atoms with E-state index in [9.17, 15) is 0 Å². The normalized spacial score (nSPS) is 12.4. The molecule has 1 aromatic rings. The van der Waals surface area contributed by atoms with Gasteiger partial charge in [-0.2, -0.15) is 0 Å². The molecule has 0 saturated carbocycles. The highest BCUT2D eigenvalue weighted by Crippen LogP contribution is 2.20. The lowest BCUT2D eigenvalue weighted by Crippen LogP contribution is -2.21. The summed E-state index contributed by atoms with van der Waals surface area (Å²) in [6.45, 7) is 9.08. The summed E-state index contributed by atoms with van der Waals surface area (Å²) in [4.78, 5) is 4.17. The SMILES string of the molecule is C=CCC(NCC)c1ccncc1CC. The zero-order valence-electron chi connectivity index (χ0n) is 9.66.